The molecule has 6 nitrogen and oxygen atoms in total. The van der Waals surface area contributed by atoms with Crippen LogP contribution in [-0.2, 0) is 18.6 Å². The molecule has 0 amide bonds. The Labute approximate surface area is 243 Å². The molecule has 1 rings (SSSR count). The van der Waals surface area contributed by atoms with Crippen molar-refractivity contribution in [2.75, 3.05) is 46.1 Å². The summed E-state index contributed by atoms with van der Waals surface area (Å²) >= 11 is 0. The molecule has 232 valence electrons. The molecule has 0 spiro atoms. The average molecular weight is 574 g/mol. The Balaban J connectivity index is 1.89. The normalized spacial score (nSPS) is 15.7. The molecule has 2 unspecified atom stereocenters. The fourth-order valence-electron chi connectivity index (χ4n) is 5.37. The Morgan fingerprint density at radius 3 is 1.77 bits per heavy atom. The summed E-state index contributed by atoms with van der Waals surface area (Å²) in [5.74, 6) is 0.0965. The van der Waals surface area contributed by atoms with E-state index >= 15 is 0 Å². The summed E-state index contributed by atoms with van der Waals surface area (Å²) in [6.45, 7) is 9.48. The van der Waals surface area contributed by atoms with E-state index in [0.29, 0.717) is 26.2 Å². The third-order valence-corrected chi connectivity index (χ3v) is 8.54. The highest BCUT2D eigenvalue weighted by Crippen LogP contribution is 2.34. The molecule has 1 aliphatic rings. The maximum atomic E-state index is 11.6. The number of nitrogens with zero attached hydrogens (tertiary/aromatic N) is 1. The molecule has 1 aliphatic heterocycles. The molecule has 0 radical (unpaired) electrons. The fourth-order valence-corrected chi connectivity index (χ4v) is 6.07. The van der Waals surface area contributed by atoms with Crippen LogP contribution in [0.4, 0.5) is 0 Å². The van der Waals surface area contributed by atoms with Crippen LogP contribution in [0.5, 0.6) is 0 Å². The number of hydrogen-bond donors (Lipinski definition) is 1. The number of hydrogen-bond acceptors (Lipinski definition) is 6. The molecule has 0 bridgehead atoms. The fraction of sp³-hybridized carbons (Fsp3) is 0.969. The van der Waals surface area contributed by atoms with Crippen molar-refractivity contribution in [3.63, 3.8) is 0 Å². The van der Waals surface area contributed by atoms with Gasteiger partial charge in [-0.2, -0.15) is 0 Å². The van der Waals surface area contributed by atoms with E-state index in [9.17, 15) is 9.69 Å². The highest BCUT2D eigenvalue weighted by atomic mass is 31.2. The van der Waals surface area contributed by atoms with Crippen LogP contribution < -0.4 is 0 Å². The zero-order chi connectivity index (χ0) is 28.2. The lowest BCUT2D eigenvalue weighted by molar-refractivity contribution is -0.118. The van der Waals surface area contributed by atoms with Gasteiger partial charge in [0, 0.05) is 18.9 Å². The van der Waals surface area contributed by atoms with Gasteiger partial charge < -0.3 is 28.4 Å². The number of ether oxygens (including phenoxy) is 1. The standard InChI is InChI=1S/C32H64NO5P/c1-3-4-5-6-7-8-9-10-11-12-13-14-15-16-17-21-26-36-29-32(28-31(2)34)30-38-39(35)37-27-22-20-25-33-23-18-19-24-33/h32,35H,3-30H2,1-2H3. The average Bonchev–Trinajstić information content (AvgIpc) is 3.44. The van der Waals surface area contributed by atoms with Crippen LogP contribution in [0.1, 0.15) is 149 Å². The lowest BCUT2D eigenvalue weighted by Crippen LogP contribution is -2.20. The quantitative estimate of drug-likeness (QED) is 0.0683. The predicted molar refractivity (Wildman–Crippen MR) is 165 cm³/mol. The van der Waals surface area contributed by atoms with Crippen LogP contribution in [0.2, 0.25) is 0 Å². The molecule has 7 heteroatoms. The smallest absolute Gasteiger partial charge is 0.329 e. The van der Waals surface area contributed by atoms with Gasteiger partial charge in [0.1, 0.15) is 5.78 Å². The Morgan fingerprint density at radius 2 is 1.23 bits per heavy atom. The van der Waals surface area contributed by atoms with Crippen LogP contribution in [0.15, 0.2) is 0 Å². The molecule has 0 aliphatic carbocycles. The first-order chi connectivity index (χ1) is 19.1. The van der Waals surface area contributed by atoms with Gasteiger partial charge in [-0.05, 0) is 58.7 Å². The zero-order valence-corrected chi connectivity index (χ0v) is 26.7. The first-order valence-electron chi connectivity index (χ1n) is 16.7. The van der Waals surface area contributed by atoms with Gasteiger partial charge in [-0.15, -0.1) is 0 Å². The summed E-state index contributed by atoms with van der Waals surface area (Å²) < 4.78 is 16.8. The minimum Gasteiger partial charge on any atom is -0.381 e. The lowest BCUT2D eigenvalue weighted by Gasteiger charge is -2.18. The van der Waals surface area contributed by atoms with E-state index in [1.807, 2.05) is 0 Å². The van der Waals surface area contributed by atoms with E-state index in [1.54, 1.807) is 6.92 Å². The SMILES string of the molecule is CCCCCCCCCCCCCCCCCCOCC(COP(O)OCCCCN1CCCC1)CC(C)=O. The summed E-state index contributed by atoms with van der Waals surface area (Å²) in [7, 11) is -1.89. The first kappa shape index (κ1) is 36.9. The van der Waals surface area contributed by atoms with Crippen LogP contribution >= 0.6 is 8.60 Å². The largest absolute Gasteiger partial charge is 0.381 e. The molecule has 39 heavy (non-hydrogen) atoms. The third-order valence-electron chi connectivity index (χ3n) is 7.76. The molecule has 0 aromatic rings. The maximum Gasteiger partial charge on any atom is 0.329 e. The Kier molecular flexibility index (Phi) is 26.5. The molecule has 1 fully saturated rings. The molecule has 2 atom stereocenters. The van der Waals surface area contributed by atoms with Crippen LogP contribution in [-0.4, -0.2) is 61.6 Å². The van der Waals surface area contributed by atoms with Crippen molar-refractivity contribution in [1.29, 1.82) is 0 Å². The minimum absolute atomic E-state index is 0.0283. The van der Waals surface area contributed by atoms with E-state index < -0.39 is 8.60 Å². The Bertz CT molecular complexity index is 533. The number of unbranched alkanes of at least 4 members (excludes halogenated alkanes) is 16. The van der Waals surface area contributed by atoms with E-state index in [2.05, 4.69) is 11.8 Å². The number of carbonyl (C=O) groups excluding carboxylic acids is 1. The highest BCUT2D eigenvalue weighted by Gasteiger charge is 2.16. The van der Waals surface area contributed by atoms with Crippen LogP contribution in [0.3, 0.4) is 0 Å². The molecular weight excluding hydrogens is 509 g/mol. The van der Waals surface area contributed by atoms with Crippen molar-refractivity contribution in [3.05, 3.63) is 0 Å². The lowest BCUT2D eigenvalue weighted by atomic mass is 10.0. The van der Waals surface area contributed by atoms with Crippen molar-refractivity contribution in [2.45, 2.75) is 149 Å². The zero-order valence-electron chi connectivity index (χ0n) is 25.9. The van der Waals surface area contributed by atoms with E-state index in [1.165, 1.54) is 122 Å². The van der Waals surface area contributed by atoms with Crippen molar-refractivity contribution in [2.24, 2.45) is 5.92 Å². The maximum absolute atomic E-state index is 11.6. The molecule has 1 saturated heterocycles. The molecule has 0 aromatic carbocycles. The second-order valence-corrected chi connectivity index (χ2v) is 12.8. The van der Waals surface area contributed by atoms with Gasteiger partial charge in [-0.25, -0.2) is 0 Å². The molecule has 1 N–H and O–H groups in total. The summed E-state index contributed by atoms with van der Waals surface area (Å²) in [6.07, 6.45) is 26.9. The van der Waals surface area contributed by atoms with Gasteiger partial charge >= 0.3 is 8.60 Å². The van der Waals surface area contributed by atoms with Gasteiger partial charge in [0.15, 0.2) is 0 Å². The Morgan fingerprint density at radius 1 is 0.718 bits per heavy atom. The number of carbonyl (C=O) groups is 1. The molecule has 0 aromatic heterocycles. The van der Waals surface area contributed by atoms with Crippen molar-refractivity contribution in [3.8, 4) is 0 Å². The van der Waals surface area contributed by atoms with Gasteiger partial charge in [0.25, 0.3) is 0 Å². The minimum atomic E-state index is -1.89. The van der Waals surface area contributed by atoms with Gasteiger partial charge in [0.05, 0.1) is 19.8 Å². The number of Topliss-reactive ketones (excluding diaryl/α,β-unsaturated/α-hetero) is 1. The summed E-state index contributed by atoms with van der Waals surface area (Å²) in [5, 5.41) is 0. The molecule has 1 heterocycles. The number of ketones is 1. The van der Waals surface area contributed by atoms with Gasteiger partial charge in [-0.1, -0.05) is 103 Å². The summed E-state index contributed by atoms with van der Waals surface area (Å²) in [6, 6.07) is 0. The van der Waals surface area contributed by atoms with Crippen LogP contribution in [0, 0.1) is 5.92 Å². The highest BCUT2D eigenvalue weighted by molar-refractivity contribution is 7.40. The van der Waals surface area contributed by atoms with Crippen molar-refractivity contribution >= 4 is 14.4 Å². The summed E-state index contributed by atoms with van der Waals surface area (Å²) in [4.78, 5) is 24.2. The topological polar surface area (TPSA) is 68.2 Å². The van der Waals surface area contributed by atoms with E-state index in [-0.39, 0.29) is 11.7 Å². The van der Waals surface area contributed by atoms with Gasteiger partial charge in [-0.3, -0.25) is 0 Å². The van der Waals surface area contributed by atoms with Gasteiger partial charge in [0.2, 0.25) is 0 Å². The third kappa shape index (κ3) is 25.3. The molecule has 0 saturated carbocycles. The van der Waals surface area contributed by atoms with E-state index in [0.717, 1.165) is 32.4 Å². The summed E-state index contributed by atoms with van der Waals surface area (Å²) in [5.41, 5.74) is 0. The second-order valence-electron chi connectivity index (χ2n) is 11.8. The monoisotopic (exact) mass is 573 g/mol. The molecular formula is C32H64NO5P. The second kappa shape index (κ2) is 28.0. The number of rotatable bonds is 30. The Hall–Kier alpha value is -0.100. The first-order valence-corrected chi connectivity index (χ1v) is 17.8. The number of likely N-dealkylation sites (tertiary alicyclic amines) is 1. The van der Waals surface area contributed by atoms with Crippen molar-refractivity contribution in [1.82, 2.24) is 4.90 Å². The van der Waals surface area contributed by atoms with E-state index in [4.69, 9.17) is 13.8 Å². The predicted octanol–water partition coefficient (Wildman–Crippen LogP) is 8.99. The van der Waals surface area contributed by atoms with Crippen LogP contribution in [0.25, 0.3) is 0 Å². The van der Waals surface area contributed by atoms with Crippen molar-refractivity contribution < 1.29 is 23.5 Å².